The van der Waals surface area contributed by atoms with Crippen molar-refractivity contribution >= 4 is 22.2 Å². The van der Waals surface area contributed by atoms with E-state index in [1.807, 2.05) is 12.1 Å². The van der Waals surface area contributed by atoms with Crippen LogP contribution in [0.4, 0.5) is 10.8 Å². The van der Waals surface area contributed by atoms with Gasteiger partial charge in [-0.05, 0) is 30.0 Å². The van der Waals surface area contributed by atoms with E-state index in [1.54, 1.807) is 0 Å². The maximum absolute atomic E-state index is 5.67. The second kappa shape index (κ2) is 3.49. The maximum Gasteiger partial charge on any atom is 0.180 e. The largest absolute Gasteiger partial charge is 0.399 e. The van der Waals surface area contributed by atoms with Gasteiger partial charge in [-0.15, -0.1) is 11.3 Å². The van der Waals surface area contributed by atoms with Crippen molar-refractivity contribution < 1.29 is 0 Å². The molecule has 2 atom stereocenters. The zero-order valence-corrected chi connectivity index (χ0v) is 9.58. The number of anilines is 2. The number of hydrogen-bond donors (Lipinski definition) is 2. The van der Waals surface area contributed by atoms with Crippen molar-refractivity contribution in [1.82, 2.24) is 4.98 Å². The molecular formula is C12H13N3S. The summed E-state index contributed by atoms with van der Waals surface area (Å²) in [6.07, 6.45) is 1.17. The summed E-state index contributed by atoms with van der Waals surface area (Å²) < 4.78 is 0. The maximum atomic E-state index is 5.67. The van der Waals surface area contributed by atoms with Crippen molar-refractivity contribution in [2.24, 2.45) is 0 Å². The van der Waals surface area contributed by atoms with Crippen LogP contribution >= 0.6 is 11.3 Å². The summed E-state index contributed by atoms with van der Waals surface area (Å²) in [5.41, 5.74) is 14.6. The molecule has 4 heteroatoms. The van der Waals surface area contributed by atoms with Crippen molar-refractivity contribution in [3.63, 3.8) is 0 Å². The first-order valence-electron chi connectivity index (χ1n) is 5.30. The van der Waals surface area contributed by atoms with Gasteiger partial charge in [-0.25, -0.2) is 4.98 Å². The standard InChI is InChI=1S/C12H13N3S/c13-8-3-1-7(2-4-8)9-5-10(9)11-6-16-12(14)15-11/h1-4,6,9-10H,5,13H2,(H2,14,15). The molecule has 3 nitrogen and oxygen atoms in total. The molecule has 1 aromatic heterocycles. The number of hydrogen-bond acceptors (Lipinski definition) is 4. The SMILES string of the molecule is Nc1ccc(C2CC2c2csc(N)n2)cc1. The van der Waals surface area contributed by atoms with Crippen LogP contribution in [-0.2, 0) is 0 Å². The summed E-state index contributed by atoms with van der Waals surface area (Å²) in [5.74, 6) is 1.15. The third-order valence-corrected chi connectivity index (χ3v) is 3.77. The average Bonchev–Trinajstić information content (AvgIpc) is 2.96. The van der Waals surface area contributed by atoms with E-state index in [0.29, 0.717) is 17.0 Å². The van der Waals surface area contributed by atoms with Gasteiger partial charge in [0.1, 0.15) is 0 Å². The van der Waals surface area contributed by atoms with Gasteiger partial charge in [-0.1, -0.05) is 12.1 Å². The molecule has 1 heterocycles. The molecule has 0 spiro atoms. The molecule has 3 rings (SSSR count). The average molecular weight is 231 g/mol. The number of rotatable bonds is 2. The smallest absolute Gasteiger partial charge is 0.180 e. The highest BCUT2D eigenvalue weighted by Gasteiger charge is 2.40. The van der Waals surface area contributed by atoms with E-state index in [-0.39, 0.29) is 0 Å². The summed E-state index contributed by atoms with van der Waals surface area (Å²) in [5, 5.41) is 2.73. The number of thiazole rings is 1. The van der Waals surface area contributed by atoms with E-state index in [1.165, 1.54) is 23.3 Å². The molecule has 1 aliphatic rings. The van der Waals surface area contributed by atoms with Gasteiger partial charge in [0.05, 0.1) is 5.69 Å². The Morgan fingerprint density at radius 2 is 1.88 bits per heavy atom. The zero-order chi connectivity index (χ0) is 11.1. The van der Waals surface area contributed by atoms with Crippen LogP contribution in [0.25, 0.3) is 0 Å². The van der Waals surface area contributed by atoms with E-state index >= 15 is 0 Å². The fourth-order valence-corrected chi connectivity index (χ4v) is 2.73. The van der Waals surface area contributed by atoms with E-state index in [2.05, 4.69) is 22.5 Å². The summed E-state index contributed by atoms with van der Waals surface area (Å²) in [4.78, 5) is 4.34. The topological polar surface area (TPSA) is 64.9 Å². The van der Waals surface area contributed by atoms with Gasteiger partial charge in [0.25, 0.3) is 0 Å². The second-order valence-corrected chi connectivity index (χ2v) is 5.12. The van der Waals surface area contributed by atoms with E-state index in [0.717, 1.165) is 11.4 Å². The first-order chi connectivity index (χ1) is 7.74. The molecule has 1 aromatic carbocycles. The first kappa shape index (κ1) is 9.66. The van der Waals surface area contributed by atoms with Crippen LogP contribution in [0.5, 0.6) is 0 Å². The highest BCUT2D eigenvalue weighted by Crippen LogP contribution is 2.54. The van der Waals surface area contributed by atoms with Crippen LogP contribution in [0.1, 0.15) is 29.5 Å². The molecule has 0 radical (unpaired) electrons. The Morgan fingerprint density at radius 1 is 1.12 bits per heavy atom. The number of aromatic nitrogens is 1. The molecule has 16 heavy (non-hydrogen) atoms. The lowest BCUT2D eigenvalue weighted by Gasteiger charge is -1.99. The Balaban J connectivity index is 1.79. The fraction of sp³-hybridized carbons (Fsp3) is 0.250. The molecule has 2 unspecified atom stereocenters. The monoisotopic (exact) mass is 231 g/mol. The number of benzene rings is 1. The Kier molecular flexibility index (Phi) is 2.11. The van der Waals surface area contributed by atoms with Crippen LogP contribution in [0.2, 0.25) is 0 Å². The van der Waals surface area contributed by atoms with Crippen molar-refractivity contribution in [2.75, 3.05) is 11.5 Å². The Hall–Kier alpha value is -1.55. The van der Waals surface area contributed by atoms with Gasteiger partial charge in [-0.2, -0.15) is 0 Å². The molecule has 1 aliphatic carbocycles. The highest BCUT2D eigenvalue weighted by atomic mass is 32.1. The lowest BCUT2D eigenvalue weighted by Crippen LogP contribution is -1.88. The fourth-order valence-electron chi connectivity index (χ4n) is 2.10. The molecule has 0 bridgehead atoms. The third-order valence-electron chi connectivity index (χ3n) is 3.07. The van der Waals surface area contributed by atoms with E-state index < -0.39 is 0 Å². The quantitative estimate of drug-likeness (QED) is 0.781. The number of nitrogens with zero attached hydrogens (tertiary/aromatic N) is 1. The van der Waals surface area contributed by atoms with Gasteiger partial charge < -0.3 is 11.5 Å². The minimum Gasteiger partial charge on any atom is -0.399 e. The minimum absolute atomic E-state index is 0.553. The highest BCUT2D eigenvalue weighted by molar-refractivity contribution is 7.13. The first-order valence-corrected chi connectivity index (χ1v) is 6.18. The molecule has 82 valence electrons. The van der Waals surface area contributed by atoms with Crippen LogP contribution in [0, 0.1) is 0 Å². The molecule has 0 amide bonds. The predicted octanol–water partition coefficient (Wildman–Crippen LogP) is 2.58. The molecular weight excluding hydrogens is 218 g/mol. The summed E-state index contributed by atoms with van der Waals surface area (Å²) >= 11 is 1.52. The summed E-state index contributed by atoms with van der Waals surface area (Å²) in [6.45, 7) is 0. The molecule has 0 aliphatic heterocycles. The van der Waals surface area contributed by atoms with Crippen molar-refractivity contribution in [3.8, 4) is 0 Å². The lowest BCUT2D eigenvalue weighted by molar-refractivity contribution is 0.986. The van der Waals surface area contributed by atoms with Crippen LogP contribution in [0.3, 0.4) is 0 Å². The van der Waals surface area contributed by atoms with Crippen LogP contribution in [-0.4, -0.2) is 4.98 Å². The van der Waals surface area contributed by atoms with E-state index in [4.69, 9.17) is 11.5 Å². The van der Waals surface area contributed by atoms with Gasteiger partial charge >= 0.3 is 0 Å². The van der Waals surface area contributed by atoms with Crippen LogP contribution in [0.15, 0.2) is 29.6 Å². The van der Waals surface area contributed by atoms with Crippen molar-refractivity contribution in [1.29, 1.82) is 0 Å². The Bertz CT molecular complexity index is 503. The summed E-state index contributed by atoms with van der Waals surface area (Å²) in [6, 6.07) is 8.13. The molecule has 2 aromatic rings. The van der Waals surface area contributed by atoms with E-state index in [9.17, 15) is 0 Å². The van der Waals surface area contributed by atoms with Crippen molar-refractivity contribution in [2.45, 2.75) is 18.3 Å². The second-order valence-electron chi connectivity index (χ2n) is 4.23. The lowest BCUT2D eigenvalue weighted by atomic mass is 10.1. The molecule has 1 saturated carbocycles. The van der Waals surface area contributed by atoms with Crippen molar-refractivity contribution in [3.05, 3.63) is 40.9 Å². The van der Waals surface area contributed by atoms with Gasteiger partial charge in [0.15, 0.2) is 5.13 Å². The van der Waals surface area contributed by atoms with Gasteiger partial charge in [0.2, 0.25) is 0 Å². The van der Waals surface area contributed by atoms with Gasteiger partial charge in [-0.3, -0.25) is 0 Å². The normalized spacial score (nSPS) is 23.2. The number of nitrogen functional groups attached to an aromatic ring is 2. The van der Waals surface area contributed by atoms with Gasteiger partial charge in [0, 0.05) is 17.0 Å². The molecule has 4 N–H and O–H groups in total. The third kappa shape index (κ3) is 1.65. The Labute approximate surface area is 98.1 Å². The predicted molar refractivity (Wildman–Crippen MR) is 67.5 cm³/mol. The zero-order valence-electron chi connectivity index (χ0n) is 8.76. The summed E-state index contributed by atoms with van der Waals surface area (Å²) in [7, 11) is 0. The molecule has 1 fully saturated rings. The molecule has 0 saturated heterocycles. The van der Waals surface area contributed by atoms with Crippen LogP contribution < -0.4 is 11.5 Å². The Morgan fingerprint density at radius 3 is 2.50 bits per heavy atom. The number of nitrogens with two attached hydrogens (primary N) is 2. The minimum atomic E-state index is 0.553.